The van der Waals surface area contributed by atoms with Gasteiger partial charge in [-0.15, -0.1) is 0 Å². The fraction of sp³-hybridized carbons (Fsp3) is 0.348. The van der Waals surface area contributed by atoms with Crippen molar-refractivity contribution in [2.24, 2.45) is 5.92 Å². The number of benzene rings is 2. The maximum atomic E-state index is 12.7. The van der Waals surface area contributed by atoms with E-state index in [2.05, 4.69) is 10.6 Å². The van der Waals surface area contributed by atoms with Gasteiger partial charge in [0.15, 0.2) is 11.5 Å². The molecule has 4 rings (SSSR count). The Morgan fingerprint density at radius 1 is 1.13 bits per heavy atom. The third-order valence-corrected chi connectivity index (χ3v) is 5.47. The minimum atomic E-state index is -0.682. The Bertz CT molecular complexity index is 978. The Balaban J connectivity index is 1.27. The van der Waals surface area contributed by atoms with Gasteiger partial charge in [0, 0.05) is 31.3 Å². The molecule has 1 fully saturated rings. The largest absolute Gasteiger partial charge is 0.454 e. The van der Waals surface area contributed by atoms with Gasteiger partial charge < -0.3 is 25.0 Å². The summed E-state index contributed by atoms with van der Waals surface area (Å²) < 4.78 is 10.7. The van der Waals surface area contributed by atoms with Crippen molar-refractivity contribution in [3.8, 4) is 11.5 Å². The number of fused-ring (bicyclic) bond motifs is 1. The van der Waals surface area contributed by atoms with Crippen LogP contribution in [-0.2, 0) is 20.8 Å². The van der Waals surface area contributed by atoms with Gasteiger partial charge >= 0.3 is 0 Å². The van der Waals surface area contributed by atoms with Gasteiger partial charge in [-0.25, -0.2) is 0 Å². The van der Waals surface area contributed by atoms with E-state index in [-0.39, 0.29) is 37.5 Å². The molecule has 0 aliphatic carbocycles. The third kappa shape index (κ3) is 4.79. The van der Waals surface area contributed by atoms with Crippen LogP contribution in [0.5, 0.6) is 11.5 Å². The number of carbonyl (C=O) groups is 3. The van der Waals surface area contributed by atoms with E-state index in [4.69, 9.17) is 9.47 Å². The van der Waals surface area contributed by atoms with Crippen molar-refractivity contribution in [3.05, 3.63) is 54.1 Å². The maximum absolute atomic E-state index is 12.7. The summed E-state index contributed by atoms with van der Waals surface area (Å²) in [6, 6.07) is 14.4. The fourth-order valence-corrected chi connectivity index (χ4v) is 3.71. The van der Waals surface area contributed by atoms with Crippen LogP contribution in [0.3, 0.4) is 0 Å². The predicted octanol–water partition coefficient (Wildman–Crippen LogP) is 1.63. The summed E-state index contributed by atoms with van der Waals surface area (Å²) in [5, 5.41) is 5.57. The van der Waals surface area contributed by atoms with Crippen LogP contribution in [0.15, 0.2) is 48.5 Å². The molecule has 2 aromatic carbocycles. The standard InChI is InChI=1S/C23H25N3O5/c1-15(22(28)24-10-9-16-5-3-2-4-6-16)25-23(29)17-11-21(27)26(13-17)18-7-8-19-20(12-18)31-14-30-19/h2-8,12,15,17H,9-11,13-14H2,1H3,(H,24,28)(H,25,29). The summed E-state index contributed by atoms with van der Waals surface area (Å²) in [5.41, 5.74) is 1.80. The summed E-state index contributed by atoms with van der Waals surface area (Å²) >= 11 is 0. The first-order valence-electron chi connectivity index (χ1n) is 10.3. The molecule has 2 N–H and O–H groups in total. The molecule has 1 saturated heterocycles. The number of amides is 3. The molecule has 0 spiro atoms. The molecule has 0 bridgehead atoms. The number of anilines is 1. The van der Waals surface area contributed by atoms with Crippen molar-refractivity contribution in [1.29, 1.82) is 0 Å². The minimum Gasteiger partial charge on any atom is -0.454 e. The van der Waals surface area contributed by atoms with Crippen molar-refractivity contribution < 1.29 is 23.9 Å². The van der Waals surface area contributed by atoms with Gasteiger partial charge in [-0.2, -0.15) is 0 Å². The zero-order valence-electron chi connectivity index (χ0n) is 17.3. The quantitative estimate of drug-likeness (QED) is 0.706. The predicted molar refractivity (Wildman–Crippen MR) is 114 cm³/mol. The van der Waals surface area contributed by atoms with Crippen LogP contribution in [0.25, 0.3) is 0 Å². The minimum absolute atomic E-state index is 0.0998. The molecule has 31 heavy (non-hydrogen) atoms. The molecule has 2 aliphatic rings. The molecule has 162 valence electrons. The SMILES string of the molecule is CC(NC(=O)C1CC(=O)N(c2ccc3c(c2)OCO3)C1)C(=O)NCCc1ccccc1. The van der Waals surface area contributed by atoms with Gasteiger partial charge in [0.2, 0.25) is 24.5 Å². The normalized spacial score (nSPS) is 18.0. The first kappa shape index (κ1) is 20.7. The van der Waals surface area contributed by atoms with Crippen molar-refractivity contribution in [3.63, 3.8) is 0 Å². The number of nitrogens with zero attached hydrogens (tertiary/aromatic N) is 1. The fourth-order valence-electron chi connectivity index (χ4n) is 3.71. The van der Waals surface area contributed by atoms with E-state index >= 15 is 0 Å². The molecular formula is C23H25N3O5. The second-order valence-electron chi connectivity index (χ2n) is 7.70. The van der Waals surface area contributed by atoms with E-state index in [0.29, 0.717) is 23.7 Å². The molecule has 2 aliphatic heterocycles. The van der Waals surface area contributed by atoms with Gasteiger partial charge in [0.25, 0.3) is 0 Å². The van der Waals surface area contributed by atoms with E-state index in [0.717, 1.165) is 12.0 Å². The van der Waals surface area contributed by atoms with Gasteiger partial charge in [0.1, 0.15) is 6.04 Å². The molecule has 2 heterocycles. The summed E-state index contributed by atoms with van der Waals surface area (Å²) in [6.45, 7) is 2.54. The van der Waals surface area contributed by atoms with E-state index in [1.165, 1.54) is 0 Å². The lowest BCUT2D eigenvalue weighted by atomic mass is 10.1. The van der Waals surface area contributed by atoms with Crippen LogP contribution in [-0.4, -0.2) is 43.6 Å². The van der Waals surface area contributed by atoms with Gasteiger partial charge in [-0.1, -0.05) is 30.3 Å². The zero-order chi connectivity index (χ0) is 21.8. The first-order chi connectivity index (χ1) is 15.0. The molecule has 2 unspecified atom stereocenters. The van der Waals surface area contributed by atoms with Crippen LogP contribution >= 0.6 is 0 Å². The van der Waals surface area contributed by atoms with Crippen LogP contribution in [0, 0.1) is 5.92 Å². The first-order valence-corrected chi connectivity index (χ1v) is 10.3. The van der Waals surface area contributed by atoms with E-state index < -0.39 is 12.0 Å². The molecule has 2 atom stereocenters. The van der Waals surface area contributed by atoms with Crippen LogP contribution in [0.2, 0.25) is 0 Å². The lowest BCUT2D eigenvalue weighted by Gasteiger charge is -2.18. The lowest BCUT2D eigenvalue weighted by molar-refractivity contribution is -0.130. The molecule has 8 heteroatoms. The summed E-state index contributed by atoms with van der Waals surface area (Å²) in [4.78, 5) is 39.0. The van der Waals surface area contributed by atoms with Crippen molar-refractivity contribution in [1.82, 2.24) is 10.6 Å². The number of ether oxygens (including phenoxy) is 2. The summed E-state index contributed by atoms with van der Waals surface area (Å²) in [6.07, 6.45) is 0.817. The van der Waals surface area contributed by atoms with E-state index in [1.807, 2.05) is 30.3 Å². The van der Waals surface area contributed by atoms with Crippen molar-refractivity contribution in [2.45, 2.75) is 25.8 Å². The highest BCUT2D eigenvalue weighted by Gasteiger charge is 2.36. The lowest BCUT2D eigenvalue weighted by Crippen LogP contribution is -2.47. The highest BCUT2D eigenvalue weighted by molar-refractivity contribution is 6.01. The average Bonchev–Trinajstić information content (AvgIpc) is 3.40. The molecule has 3 amide bonds. The second kappa shape index (κ2) is 9.07. The Hall–Kier alpha value is -3.55. The van der Waals surface area contributed by atoms with Crippen molar-refractivity contribution in [2.75, 3.05) is 24.8 Å². The smallest absolute Gasteiger partial charge is 0.242 e. The number of hydrogen-bond donors (Lipinski definition) is 2. The zero-order valence-corrected chi connectivity index (χ0v) is 17.3. The molecule has 8 nitrogen and oxygen atoms in total. The monoisotopic (exact) mass is 423 g/mol. The highest BCUT2D eigenvalue weighted by Crippen LogP contribution is 2.37. The van der Waals surface area contributed by atoms with Crippen LogP contribution in [0.1, 0.15) is 18.9 Å². The average molecular weight is 423 g/mol. The Kier molecular flexibility index (Phi) is 6.06. The number of rotatable bonds is 7. The van der Waals surface area contributed by atoms with Gasteiger partial charge in [-0.05, 0) is 31.0 Å². The summed E-state index contributed by atoms with van der Waals surface area (Å²) in [5.74, 6) is 0.01000. The van der Waals surface area contributed by atoms with Crippen molar-refractivity contribution >= 4 is 23.4 Å². The Labute approximate surface area is 180 Å². The topological polar surface area (TPSA) is 97.0 Å². The van der Waals surface area contributed by atoms with E-state index in [1.54, 1.807) is 30.0 Å². The Morgan fingerprint density at radius 2 is 1.90 bits per heavy atom. The highest BCUT2D eigenvalue weighted by atomic mass is 16.7. The van der Waals surface area contributed by atoms with Gasteiger partial charge in [0.05, 0.1) is 5.92 Å². The number of nitrogens with one attached hydrogen (secondary N) is 2. The Morgan fingerprint density at radius 3 is 2.71 bits per heavy atom. The molecule has 0 saturated carbocycles. The third-order valence-electron chi connectivity index (χ3n) is 5.47. The molecule has 0 radical (unpaired) electrons. The van der Waals surface area contributed by atoms with Crippen LogP contribution in [0.4, 0.5) is 5.69 Å². The number of hydrogen-bond acceptors (Lipinski definition) is 5. The second-order valence-corrected chi connectivity index (χ2v) is 7.70. The maximum Gasteiger partial charge on any atom is 0.242 e. The number of carbonyl (C=O) groups excluding carboxylic acids is 3. The molecular weight excluding hydrogens is 398 g/mol. The van der Waals surface area contributed by atoms with Gasteiger partial charge in [-0.3, -0.25) is 14.4 Å². The van der Waals surface area contributed by atoms with Crippen LogP contribution < -0.4 is 25.0 Å². The summed E-state index contributed by atoms with van der Waals surface area (Å²) in [7, 11) is 0. The molecule has 2 aromatic rings. The van der Waals surface area contributed by atoms with E-state index in [9.17, 15) is 14.4 Å². The molecule has 0 aromatic heterocycles.